The Balaban J connectivity index is 1.86. The molecule has 1 atom stereocenters. The van der Waals surface area contributed by atoms with E-state index in [-0.39, 0.29) is 6.10 Å². The van der Waals surface area contributed by atoms with E-state index in [0.717, 1.165) is 6.42 Å². The maximum absolute atomic E-state index is 10.9. The molecular weight excluding hydrogens is 184 g/mol. The summed E-state index contributed by atoms with van der Waals surface area (Å²) in [4.78, 5) is 10.9. The van der Waals surface area contributed by atoms with Gasteiger partial charge in [0.25, 0.3) is 0 Å². The van der Waals surface area contributed by atoms with Gasteiger partial charge in [-0.15, -0.1) is 0 Å². The van der Waals surface area contributed by atoms with E-state index in [4.69, 9.17) is 14.2 Å². The van der Waals surface area contributed by atoms with E-state index >= 15 is 0 Å². The number of ether oxygens (including phenoxy) is 3. The van der Waals surface area contributed by atoms with Crippen molar-refractivity contribution in [3.8, 4) is 0 Å². The molecule has 0 bridgehead atoms. The molecule has 1 fully saturated rings. The van der Waals surface area contributed by atoms with Crippen LogP contribution in [-0.4, -0.2) is 45.4 Å². The van der Waals surface area contributed by atoms with E-state index in [9.17, 15) is 4.79 Å². The topological polar surface area (TPSA) is 44.8 Å². The summed E-state index contributed by atoms with van der Waals surface area (Å²) in [5.74, 6) is 0.315. The molecule has 4 nitrogen and oxygen atoms in total. The van der Waals surface area contributed by atoms with Gasteiger partial charge in [-0.2, -0.15) is 0 Å². The van der Waals surface area contributed by atoms with Crippen molar-refractivity contribution in [1.82, 2.24) is 0 Å². The average Bonchev–Trinajstić information content (AvgIpc) is 2.58. The number of Topliss-reactive ketones (excluding diaryl/α,β-unsaturated/α-hetero) is 1. The molecule has 1 aliphatic rings. The monoisotopic (exact) mass is 202 g/mol. The minimum absolute atomic E-state index is 0.133. The van der Waals surface area contributed by atoms with E-state index in [0.29, 0.717) is 45.1 Å². The average molecular weight is 202 g/mol. The molecule has 0 aromatic heterocycles. The molecule has 0 radical (unpaired) electrons. The van der Waals surface area contributed by atoms with Gasteiger partial charge in [-0.3, -0.25) is 4.79 Å². The Kier molecular flexibility index (Phi) is 5.75. The van der Waals surface area contributed by atoms with Crippen molar-refractivity contribution in [3.63, 3.8) is 0 Å². The third-order valence-electron chi connectivity index (χ3n) is 2.21. The first kappa shape index (κ1) is 11.6. The highest BCUT2D eigenvalue weighted by Crippen LogP contribution is 2.17. The van der Waals surface area contributed by atoms with Crippen molar-refractivity contribution in [2.24, 2.45) is 0 Å². The van der Waals surface area contributed by atoms with Crippen molar-refractivity contribution in [2.45, 2.75) is 25.4 Å². The van der Waals surface area contributed by atoms with Crippen LogP contribution in [0, 0.1) is 0 Å². The standard InChI is InChI=1S/C10H18O4/c1-12-4-5-13-6-7-14-10-3-2-9(11)8-10/h10H,2-8H2,1H3. The first-order valence-electron chi connectivity index (χ1n) is 5.03. The number of ketones is 1. The van der Waals surface area contributed by atoms with E-state index in [1.54, 1.807) is 7.11 Å². The van der Waals surface area contributed by atoms with Crippen LogP contribution in [0.15, 0.2) is 0 Å². The molecule has 0 amide bonds. The molecule has 14 heavy (non-hydrogen) atoms. The Morgan fingerprint density at radius 2 is 2.07 bits per heavy atom. The van der Waals surface area contributed by atoms with Crippen molar-refractivity contribution in [2.75, 3.05) is 33.5 Å². The zero-order valence-electron chi connectivity index (χ0n) is 8.66. The maximum Gasteiger partial charge on any atom is 0.135 e. The molecule has 0 aromatic carbocycles. The summed E-state index contributed by atoms with van der Waals surface area (Å²) in [7, 11) is 1.64. The van der Waals surface area contributed by atoms with Crippen LogP contribution in [-0.2, 0) is 19.0 Å². The molecule has 1 rings (SSSR count). The van der Waals surface area contributed by atoms with Gasteiger partial charge >= 0.3 is 0 Å². The number of carbonyl (C=O) groups excluding carboxylic acids is 1. The fourth-order valence-corrected chi connectivity index (χ4v) is 1.44. The fraction of sp³-hybridized carbons (Fsp3) is 0.900. The van der Waals surface area contributed by atoms with Crippen molar-refractivity contribution in [1.29, 1.82) is 0 Å². The van der Waals surface area contributed by atoms with Crippen LogP contribution in [0.4, 0.5) is 0 Å². The second-order valence-corrected chi connectivity index (χ2v) is 3.38. The summed E-state index contributed by atoms with van der Waals surface area (Å²) in [5, 5.41) is 0. The van der Waals surface area contributed by atoms with Gasteiger partial charge in [-0.1, -0.05) is 0 Å². The molecule has 0 saturated heterocycles. The van der Waals surface area contributed by atoms with E-state index in [2.05, 4.69) is 0 Å². The summed E-state index contributed by atoms with van der Waals surface area (Å²) in [6.07, 6.45) is 2.26. The van der Waals surface area contributed by atoms with Crippen molar-refractivity contribution in [3.05, 3.63) is 0 Å². The molecule has 82 valence electrons. The molecule has 1 unspecified atom stereocenters. The highest BCUT2D eigenvalue weighted by Gasteiger charge is 2.22. The Morgan fingerprint density at radius 3 is 2.71 bits per heavy atom. The number of carbonyl (C=O) groups is 1. The number of methoxy groups -OCH3 is 1. The Hall–Kier alpha value is -0.450. The van der Waals surface area contributed by atoms with Crippen molar-refractivity contribution >= 4 is 5.78 Å². The van der Waals surface area contributed by atoms with Crippen LogP contribution < -0.4 is 0 Å². The predicted octanol–water partition coefficient (Wildman–Crippen LogP) is 0.788. The molecule has 0 aromatic rings. The molecule has 0 N–H and O–H groups in total. The fourth-order valence-electron chi connectivity index (χ4n) is 1.44. The zero-order valence-corrected chi connectivity index (χ0v) is 8.66. The van der Waals surface area contributed by atoms with Crippen LogP contribution in [0.2, 0.25) is 0 Å². The van der Waals surface area contributed by atoms with Crippen LogP contribution >= 0.6 is 0 Å². The third kappa shape index (κ3) is 4.69. The summed E-state index contributed by atoms with van der Waals surface area (Å²) >= 11 is 0. The third-order valence-corrected chi connectivity index (χ3v) is 2.21. The second kappa shape index (κ2) is 6.92. The first-order valence-corrected chi connectivity index (χ1v) is 5.03. The Bertz CT molecular complexity index is 170. The minimum Gasteiger partial charge on any atom is -0.382 e. The minimum atomic E-state index is 0.133. The molecule has 0 heterocycles. The summed E-state index contributed by atoms with van der Waals surface area (Å²) < 4.78 is 15.5. The van der Waals surface area contributed by atoms with Gasteiger partial charge in [0.05, 0.1) is 32.5 Å². The second-order valence-electron chi connectivity index (χ2n) is 3.38. The van der Waals surface area contributed by atoms with Gasteiger partial charge in [-0.05, 0) is 6.42 Å². The number of hydrogen-bond acceptors (Lipinski definition) is 4. The van der Waals surface area contributed by atoms with E-state index < -0.39 is 0 Å². The highest BCUT2D eigenvalue weighted by molar-refractivity contribution is 5.81. The molecular formula is C10H18O4. The van der Waals surface area contributed by atoms with Crippen molar-refractivity contribution < 1.29 is 19.0 Å². The van der Waals surface area contributed by atoms with Gasteiger partial charge in [0, 0.05) is 20.0 Å². The lowest BCUT2D eigenvalue weighted by atomic mass is 10.3. The molecule has 0 spiro atoms. The van der Waals surface area contributed by atoms with Crippen LogP contribution in [0.25, 0.3) is 0 Å². The summed E-state index contributed by atoms with van der Waals surface area (Å²) in [6.45, 7) is 2.36. The van der Waals surface area contributed by atoms with Crippen LogP contribution in [0.3, 0.4) is 0 Å². The molecule has 1 saturated carbocycles. The number of hydrogen-bond donors (Lipinski definition) is 0. The largest absolute Gasteiger partial charge is 0.382 e. The Morgan fingerprint density at radius 1 is 1.29 bits per heavy atom. The molecule has 4 heteroatoms. The van der Waals surface area contributed by atoms with E-state index in [1.807, 2.05) is 0 Å². The first-order chi connectivity index (χ1) is 6.83. The lowest BCUT2D eigenvalue weighted by molar-refractivity contribution is -0.118. The number of rotatable bonds is 7. The van der Waals surface area contributed by atoms with Gasteiger partial charge in [0.1, 0.15) is 5.78 Å². The lowest BCUT2D eigenvalue weighted by Gasteiger charge is -2.10. The maximum atomic E-state index is 10.9. The quantitative estimate of drug-likeness (QED) is 0.572. The van der Waals surface area contributed by atoms with E-state index in [1.165, 1.54) is 0 Å². The normalized spacial score (nSPS) is 21.8. The van der Waals surface area contributed by atoms with Gasteiger partial charge in [0.15, 0.2) is 0 Å². The summed E-state index contributed by atoms with van der Waals surface area (Å²) in [6, 6.07) is 0. The smallest absolute Gasteiger partial charge is 0.135 e. The zero-order chi connectivity index (χ0) is 10.2. The lowest BCUT2D eigenvalue weighted by Crippen LogP contribution is -2.14. The molecule has 0 aliphatic heterocycles. The summed E-state index contributed by atoms with van der Waals surface area (Å²) in [5.41, 5.74) is 0. The van der Waals surface area contributed by atoms with Gasteiger partial charge in [-0.25, -0.2) is 0 Å². The van der Waals surface area contributed by atoms with Gasteiger partial charge in [0.2, 0.25) is 0 Å². The van der Waals surface area contributed by atoms with Crippen LogP contribution in [0.5, 0.6) is 0 Å². The molecule has 1 aliphatic carbocycles. The van der Waals surface area contributed by atoms with Gasteiger partial charge < -0.3 is 14.2 Å². The predicted molar refractivity (Wildman–Crippen MR) is 51.3 cm³/mol. The SMILES string of the molecule is COCCOCCOC1CCC(=O)C1. The highest BCUT2D eigenvalue weighted by atomic mass is 16.5. The van der Waals surface area contributed by atoms with Crippen LogP contribution in [0.1, 0.15) is 19.3 Å². The Labute approximate surface area is 84.5 Å².